The lowest BCUT2D eigenvalue weighted by Crippen LogP contribution is -2.36. The number of fused-ring (bicyclic) bond motifs is 2. The third-order valence-corrected chi connectivity index (χ3v) is 5.67. The molecule has 34 heavy (non-hydrogen) atoms. The molecule has 0 fully saturated rings. The molecule has 1 atom stereocenters. The molecular weight excluding hydrogens is 456 g/mol. The van der Waals surface area contributed by atoms with E-state index in [1.54, 1.807) is 4.90 Å². The predicted octanol–water partition coefficient (Wildman–Crippen LogP) is 3.81. The summed E-state index contributed by atoms with van der Waals surface area (Å²) in [4.78, 5) is 12.8. The Morgan fingerprint density at radius 2 is 2.00 bits per heavy atom. The Morgan fingerprint density at radius 1 is 1.12 bits per heavy atom. The van der Waals surface area contributed by atoms with E-state index in [0.717, 1.165) is 11.8 Å². The van der Waals surface area contributed by atoms with Gasteiger partial charge in [-0.2, -0.15) is 22.7 Å². The number of aromatic nitrogens is 7. The second-order valence-electron chi connectivity index (χ2n) is 7.69. The van der Waals surface area contributed by atoms with Crippen LogP contribution in [0, 0.1) is 5.95 Å². The molecule has 0 bridgehead atoms. The zero-order valence-corrected chi connectivity index (χ0v) is 17.2. The largest absolute Gasteiger partial charge is 0.418 e. The highest BCUT2D eigenvalue weighted by atomic mass is 19.4. The van der Waals surface area contributed by atoms with Crippen molar-refractivity contribution in [2.24, 2.45) is 0 Å². The Morgan fingerprint density at radius 3 is 2.79 bits per heavy atom. The number of alkyl halides is 3. The zero-order valence-electron chi connectivity index (χ0n) is 17.2. The molecule has 0 radical (unpaired) electrons. The third kappa shape index (κ3) is 3.27. The monoisotopic (exact) mass is 470 g/mol. The molecule has 1 aliphatic rings. The lowest BCUT2D eigenvalue weighted by Gasteiger charge is -2.32. The smallest absolute Gasteiger partial charge is 0.403 e. The van der Waals surface area contributed by atoms with Crippen molar-refractivity contribution >= 4 is 11.5 Å². The number of halogens is 4. The molecule has 1 N–H and O–H groups in total. The van der Waals surface area contributed by atoms with Gasteiger partial charge in [0.05, 0.1) is 34.4 Å². The number of hydrogen-bond donors (Lipinski definition) is 1. The number of rotatable bonds is 3. The summed E-state index contributed by atoms with van der Waals surface area (Å²) in [5.74, 6) is -0.515. The van der Waals surface area contributed by atoms with E-state index in [9.17, 15) is 17.6 Å². The molecule has 13 heteroatoms. The standard InChI is InChI=1S/C21H14F4N8O/c22-16-4-3-11(9-26-16)19-29-30-20(34-19)32-7-5-13-17(28-10-27-13)18(32)14-8-15-12(21(23,24)25)2-1-6-33(15)31-14/h1-4,6,8-10,18H,5,7H2,(H,27,28)/t18-/m1/s1. The Balaban J connectivity index is 1.45. The molecule has 0 unspecified atom stereocenters. The molecule has 0 aliphatic carbocycles. The molecule has 9 nitrogen and oxygen atoms in total. The number of nitrogens with zero attached hydrogens (tertiary/aromatic N) is 7. The number of hydrogen-bond acceptors (Lipinski definition) is 7. The predicted molar refractivity (Wildman–Crippen MR) is 109 cm³/mol. The van der Waals surface area contributed by atoms with Crippen LogP contribution >= 0.6 is 0 Å². The summed E-state index contributed by atoms with van der Waals surface area (Å²) in [6.45, 7) is 0.420. The second kappa shape index (κ2) is 7.37. The summed E-state index contributed by atoms with van der Waals surface area (Å²) in [5, 5.41) is 12.6. The fourth-order valence-electron chi connectivity index (χ4n) is 4.14. The number of H-pyrrole nitrogens is 1. The molecule has 0 saturated heterocycles. The van der Waals surface area contributed by atoms with Gasteiger partial charge in [0.25, 0.3) is 5.89 Å². The molecule has 0 aromatic carbocycles. The molecule has 6 heterocycles. The quantitative estimate of drug-likeness (QED) is 0.316. The van der Waals surface area contributed by atoms with Crippen LogP contribution in [0.25, 0.3) is 17.0 Å². The molecule has 0 saturated carbocycles. The van der Waals surface area contributed by atoms with Crippen LogP contribution in [-0.4, -0.2) is 41.3 Å². The molecule has 0 amide bonds. The summed E-state index contributed by atoms with van der Waals surface area (Å²) in [5.41, 5.74) is 1.35. The highest BCUT2D eigenvalue weighted by Crippen LogP contribution is 2.39. The number of imidazole rings is 1. The maximum atomic E-state index is 13.6. The maximum absolute atomic E-state index is 13.6. The van der Waals surface area contributed by atoms with Crippen molar-refractivity contribution in [1.29, 1.82) is 0 Å². The van der Waals surface area contributed by atoms with E-state index < -0.39 is 23.7 Å². The van der Waals surface area contributed by atoms with Crippen molar-refractivity contribution in [2.45, 2.75) is 18.6 Å². The first-order valence-corrected chi connectivity index (χ1v) is 10.2. The van der Waals surface area contributed by atoms with E-state index in [2.05, 4.69) is 30.2 Å². The minimum absolute atomic E-state index is 0.0730. The molecule has 5 aromatic heterocycles. The lowest BCUT2D eigenvalue weighted by molar-refractivity contribution is -0.136. The SMILES string of the molecule is Fc1ccc(-c2nnc(N3CCc4[nH]cnc4[C@H]3c3cc4c(C(F)(F)F)cccn4n3)o2)cn1. The van der Waals surface area contributed by atoms with Crippen LogP contribution in [0.4, 0.5) is 23.6 Å². The van der Waals surface area contributed by atoms with E-state index in [0.29, 0.717) is 29.9 Å². The van der Waals surface area contributed by atoms with Crippen LogP contribution in [0.5, 0.6) is 0 Å². The molecule has 0 spiro atoms. The van der Waals surface area contributed by atoms with Gasteiger partial charge >= 0.3 is 12.2 Å². The second-order valence-corrected chi connectivity index (χ2v) is 7.69. The zero-order chi connectivity index (χ0) is 23.4. The first-order chi connectivity index (χ1) is 16.4. The Kier molecular flexibility index (Phi) is 4.40. The Hall–Kier alpha value is -4.29. The van der Waals surface area contributed by atoms with E-state index in [1.807, 2.05) is 0 Å². The van der Waals surface area contributed by atoms with Gasteiger partial charge in [-0.1, -0.05) is 5.10 Å². The topological polar surface area (TPSA) is 101 Å². The van der Waals surface area contributed by atoms with Crippen LogP contribution in [0.1, 0.15) is 28.7 Å². The van der Waals surface area contributed by atoms with Crippen LogP contribution in [0.3, 0.4) is 0 Å². The van der Waals surface area contributed by atoms with E-state index in [4.69, 9.17) is 4.42 Å². The maximum Gasteiger partial charge on any atom is 0.418 e. The van der Waals surface area contributed by atoms with E-state index in [1.165, 1.54) is 47.5 Å². The summed E-state index contributed by atoms with van der Waals surface area (Å²) in [6, 6.07) is 5.80. The van der Waals surface area contributed by atoms with Gasteiger partial charge in [0, 0.05) is 31.1 Å². The molecule has 1 aliphatic heterocycles. The minimum Gasteiger partial charge on any atom is -0.403 e. The molecule has 6 rings (SSSR count). The van der Waals surface area contributed by atoms with Crippen molar-refractivity contribution in [3.05, 3.63) is 77.6 Å². The fraction of sp³-hybridized carbons (Fsp3) is 0.190. The van der Waals surface area contributed by atoms with Crippen molar-refractivity contribution in [3.8, 4) is 11.5 Å². The van der Waals surface area contributed by atoms with Crippen molar-refractivity contribution in [2.75, 3.05) is 11.4 Å². The van der Waals surface area contributed by atoms with Crippen molar-refractivity contribution < 1.29 is 22.0 Å². The van der Waals surface area contributed by atoms with Crippen LogP contribution in [0.15, 0.2) is 53.5 Å². The summed E-state index contributed by atoms with van der Waals surface area (Å²) >= 11 is 0. The number of aromatic amines is 1. The van der Waals surface area contributed by atoms with Gasteiger partial charge in [0.1, 0.15) is 6.04 Å². The van der Waals surface area contributed by atoms with Crippen LogP contribution in [-0.2, 0) is 12.6 Å². The molecule has 5 aromatic rings. The molecular formula is C21H14F4N8O. The lowest BCUT2D eigenvalue weighted by atomic mass is 10.00. The Labute approximate surface area is 188 Å². The summed E-state index contributed by atoms with van der Waals surface area (Å²) in [7, 11) is 0. The first-order valence-electron chi connectivity index (χ1n) is 10.2. The Bertz CT molecular complexity index is 1490. The summed E-state index contributed by atoms with van der Waals surface area (Å²) in [6.07, 6.45) is 0.296. The van der Waals surface area contributed by atoms with Crippen LogP contribution < -0.4 is 4.90 Å². The van der Waals surface area contributed by atoms with E-state index >= 15 is 0 Å². The average Bonchev–Trinajstić information content (AvgIpc) is 3.56. The van der Waals surface area contributed by atoms with Gasteiger partial charge in [-0.05, 0) is 30.3 Å². The fourth-order valence-corrected chi connectivity index (χ4v) is 4.14. The summed E-state index contributed by atoms with van der Waals surface area (Å²) < 4.78 is 60.9. The van der Waals surface area contributed by atoms with Crippen LogP contribution in [0.2, 0.25) is 0 Å². The minimum atomic E-state index is -4.53. The highest BCUT2D eigenvalue weighted by molar-refractivity contribution is 5.59. The third-order valence-electron chi connectivity index (χ3n) is 5.67. The highest BCUT2D eigenvalue weighted by Gasteiger charge is 2.38. The molecule has 172 valence electrons. The van der Waals surface area contributed by atoms with Gasteiger partial charge in [-0.15, -0.1) is 5.10 Å². The van der Waals surface area contributed by atoms with Gasteiger partial charge in [0.2, 0.25) is 5.95 Å². The number of nitrogens with one attached hydrogen (secondary N) is 1. The normalized spacial score (nSPS) is 16.2. The number of anilines is 1. The number of pyridine rings is 2. The van der Waals surface area contributed by atoms with Gasteiger partial charge < -0.3 is 14.3 Å². The van der Waals surface area contributed by atoms with Crippen molar-refractivity contribution in [3.63, 3.8) is 0 Å². The van der Waals surface area contributed by atoms with Gasteiger partial charge in [0.15, 0.2) is 0 Å². The van der Waals surface area contributed by atoms with E-state index in [-0.39, 0.29) is 17.4 Å². The van der Waals surface area contributed by atoms with Crippen molar-refractivity contribution in [1.82, 2.24) is 34.8 Å². The first kappa shape index (κ1) is 20.3. The average molecular weight is 470 g/mol. The van der Waals surface area contributed by atoms with Gasteiger partial charge in [-0.3, -0.25) is 0 Å². The van der Waals surface area contributed by atoms with Gasteiger partial charge in [-0.25, -0.2) is 14.5 Å².